The number of alkyl halides is 2. The van der Waals surface area contributed by atoms with Crippen LogP contribution in [0.1, 0.15) is 44.0 Å². The van der Waals surface area contributed by atoms with Gasteiger partial charge in [0.1, 0.15) is 11.6 Å². The third kappa shape index (κ3) is 7.16. The van der Waals surface area contributed by atoms with Crippen LogP contribution in [0.5, 0.6) is 5.75 Å². The number of nitrogens with one attached hydrogen (secondary N) is 1. The maximum Gasteiger partial charge on any atom is 0.387 e. The fourth-order valence-corrected chi connectivity index (χ4v) is 4.28. The van der Waals surface area contributed by atoms with Gasteiger partial charge in [-0.15, -0.1) is 0 Å². The first-order valence-corrected chi connectivity index (χ1v) is 11.5. The second kappa shape index (κ2) is 10.00. The number of hydrogen-bond acceptors (Lipinski definition) is 5. The number of benzene rings is 1. The SMILES string of the molecule is CC(C)(C)S(=O)(=O)CCN1CCC(CNC(=O)c2cc(F)cc(OC(F)F)c2)CC1. The molecular weight excluding hydrogens is 421 g/mol. The molecule has 0 spiro atoms. The highest BCUT2D eigenvalue weighted by atomic mass is 32.2. The summed E-state index contributed by atoms with van der Waals surface area (Å²) in [5.41, 5.74) is -0.0875. The maximum absolute atomic E-state index is 13.6. The van der Waals surface area contributed by atoms with E-state index in [0.717, 1.165) is 44.1 Å². The molecule has 1 aliphatic rings. The fraction of sp³-hybridized carbons (Fsp3) is 0.650. The van der Waals surface area contributed by atoms with Gasteiger partial charge in [0, 0.05) is 24.7 Å². The molecule has 0 aromatic heterocycles. The number of hydrogen-bond donors (Lipinski definition) is 1. The molecule has 0 aliphatic carbocycles. The molecule has 1 saturated heterocycles. The van der Waals surface area contributed by atoms with E-state index in [-0.39, 0.29) is 17.2 Å². The Morgan fingerprint density at radius 3 is 2.43 bits per heavy atom. The fourth-order valence-electron chi connectivity index (χ4n) is 3.17. The molecule has 10 heteroatoms. The monoisotopic (exact) mass is 450 g/mol. The molecule has 1 heterocycles. The third-order valence-electron chi connectivity index (χ3n) is 5.23. The van der Waals surface area contributed by atoms with Crippen LogP contribution in [0.25, 0.3) is 0 Å². The molecule has 1 amide bonds. The quantitative estimate of drug-likeness (QED) is 0.659. The minimum Gasteiger partial charge on any atom is -0.435 e. The lowest BCUT2D eigenvalue weighted by Gasteiger charge is -2.32. The summed E-state index contributed by atoms with van der Waals surface area (Å²) in [6.07, 6.45) is 1.58. The van der Waals surface area contributed by atoms with Crippen molar-refractivity contribution in [1.29, 1.82) is 0 Å². The van der Waals surface area contributed by atoms with Crippen molar-refractivity contribution in [2.45, 2.75) is 45.0 Å². The van der Waals surface area contributed by atoms with Crippen molar-refractivity contribution in [2.24, 2.45) is 5.92 Å². The molecule has 0 unspecified atom stereocenters. The van der Waals surface area contributed by atoms with Gasteiger partial charge < -0.3 is 15.0 Å². The number of amides is 1. The Bertz CT molecular complexity index is 833. The van der Waals surface area contributed by atoms with Crippen molar-refractivity contribution in [1.82, 2.24) is 10.2 Å². The van der Waals surface area contributed by atoms with E-state index < -0.39 is 38.7 Å². The highest BCUT2D eigenvalue weighted by Gasteiger charge is 2.30. The number of piperidine rings is 1. The lowest BCUT2D eigenvalue weighted by molar-refractivity contribution is -0.0500. The Labute approximate surface area is 175 Å². The third-order valence-corrected chi connectivity index (χ3v) is 7.81. The smallest absolute Gasteiger partial charge is 0.387 e. The Morgan fingerprint density at radius 1 is 1.23 bits per heavy atom. The van der Waals surface area contributed by atoms with Crippen molar-refractivity contribution in [3.63, 3.8) is 0 Å². The molecule has 0 saturated carbocycles. The van der Waals surface area contributed by atoms with E-state index in [9.17, 15) is 26.4 Å². The summed E-state index contributed by atoms with van der Waals surface area (Å²) >= 11 is 0. The van der Waals surface area contributed by atoms with Crippen LogP contribution in [0.15, 0.2) is 18.2 Å². The van der Waals surface area contributed by atoms with Gasteiger partial charge in [-0.25, -0.2) is 12.8 Å². The first-order valence-electron chi connectivity index (χ1n) is 9.85. The number of carbonyl (C=O) groups excluding carboxylic acids is 1. The van der Waals surface area contributed by atoms with Crippen molar-refractivity contribution in [3.05, 3.63) is 29.6 Å². The lowest BCUT2D eigenvalue weighted by atomic mass is 9.96. The maximum atomic E-state index is 13.6. The number of sulfone groups is 1. The molecule has 30 heavy (non-hydrogen) atoms. The molecule has 1 N–H and O–H groups in total. The highest BCUT2D eigenvalue weighted by molar-refractivity contribution is 7.92. The Kier molecular flexibility index (Phi) is 8.15. The number of likely N-dealkylation sites (tertiary alicyclic amines) is 1. The Balaban J connectivity index is 1.80. The summed E-state index contributed by atoms with van der Waals surface area (Å²) in [6.45, 7) is 4.28. The van der Waals surface area contributed by atoms with Crippen LogP contribution in [-0.4, -0.2) is 62.5 Å². The van der Waals surface area contributed by atoms with Crippen molar-refractivity contribution in [2.75, 3.05) is 31.9 Å². The molecule has 1 aromatic rings. The van der Waals surface area contributed by atoms with E-state index in [1.807, 2.05) is 0 Å². The van der Waals surface area contributed by atoms with Gasteiger partial charge in [-0.1, -0.05) is 0 Å². The van der Waals surface area contributed by atoms with Gasteiger partial charge in [-0.05, 0) is 64.8 Å². The zero-order valence-electron chi connectivity index (χ0n) is 17.5. The highest BCUT2D eigenvalue weighted by Crippen LogP contribution is 2.21. The summed E-state index contributed by atoms with van der Waals surface area (Å²) in [6, 6.07) is 2.83. The molecule has 0 atom stereocenters. The molecule has 1 aliphatic heterocycles. The first kappa shape index (κ1) is 24.5. The van der Waals surface area contributed by atoms with Gasteiger partial charge in [0.15, 0.2) is 9.84 Å². The van der Waals surface area contributed by atoms with E-state index >= 15 is 0 Å². The number of ether oxygens (including phenoxy) is 1. The predicted octanol–water partition coefficient (Wildman–Crippen LogP) is 3.08. The summed E-state index contributed by atoms with van der Waals surface area (Å²) in [7, 11) is -3.16. The van der Waals surface area contributed by atoms with Crippen molar-refractivity contribution < 1.29 is 31.1 Å². The van der Waals surface area contributed by atoms with Gasteiger partial charge in [-0.2, -0.15) is 8.78 Å². The van der Waals surface area contributed by atoms with Gasteiger partial charge in [0.2, 0.25) is 0 Å². The van der Waals surface area contributed by atoms with Crippen LogP contribution < -0.4 is 10.1 Å². The topological polar surface area (TPSA) is 75.7 Å². The number of carbonyl (C=O) groups is 1. The van der Waals surface area contributed by atoms with Crippen LogP contribution in [0.3, 0.4) is 0 Å². The van der Waals surface area contributed by atoms with Crippen LogP contribution in [-0.2, 0) is 9.84 Å². The van der Waals surface area contributed by atoms with Crippen LogP contribution in [0, 0.1) is 11.7 Å². The molecule has 6 nitrogen and oxygen atoms in total. The molecule has 1 fully saturated rings. The van der Waals surface area contributed by atoms with Gasteiger partial charge in [-0.3, -0.25) is 4.79 Å². The van der Waals surface area contributed by atoms with Gasteiger partial charge in [0.25, 0.3) is 5.91 Å². The van der Waals surface area contributed by atoms with Gasteiger partial charge in [0.05, 0.1) is 10.5 Å². The average Bonchev–Trinajstić information content (AvgIpc) is 2.63. The normalized spacial score (nSPS) is 16.6. The minimum atomic E-state index is -3.16. The average molecular weight is 451 g/mol. The van der Waals surface area contributed by atoms with E-state index in [1.165, 1.54) is 0 Å². The molecule has 1 aromatic carbocycles. The van der Waals surface area contributed by atoms with Crippen LogP contribution in [0.4, 0.5) is 13.2 Å². The number of rotatable bonds is 8. The zero-order valence-corrected chi connectivity index (χ0v) is 18.3. The molecule has 170 valence electrons. The van der Waals surface area contributed by atoms with E-state index in [4.69, 9.17) is 0 Å². The molecule has 0 bridgehead atoms. The zero-order chi connectivity index (χ0) is 22.5. The number of nitrogens with zero attached hydrogens (tertiary/aromatic N) is 1. The molecule has 0 radical (unpaired) electrons. The second-order valence-electron chi connectivity index (χ2n) is 8.48. The summed E-state index contributed by atoms with van der Waals surface area (Å²) < 4.78 is 66.0. The summed E-state index contributed by atoms with van der Waals surface area (Å²) in [4.78, 5) is 14.4. The van der Waals surface area contributed by atoms with Crippen molar-refractivity contribution in [3.8, 4) is 5.75 Å². The summed E-state index contributed by atoms with van der Waals surface area (Å²) in [5, 5.41) is 2.70. The van der Waals surface area contributed by atoms with Crippen LogP contribution in [0.2, 0.25) is 0 Å². The number of halogens is 3. The van der Waals surface area contributed by atoms with Crippen molar-refractivity contribution >= 4 is 15.7 Å². The standard InChI is InChI=1S/C20H29F3N2O4S/c1-20(2,3)30(27,28)9-8-25-6-4-14(5-7-25)13-24-18(26)15-10-16(21)12-17(11-15)29-19(22)23/h10-12,14,19H,4-9,13H2,1-3H3,(H,24,26). The molecule has 2 rings (SSSR count). The van der Waals surface area contributed by atoms with E-state index in [0.29, 0.717) is 13.1 Å². The largest absolute Gasteiger partial charge is 0.435 e. The summed E-state index contributed by atoms with van der Waals surface area (Å²) in [5.74, 6) is -1.49. The van der Waals surface area contributed by atoms with E-state index in [2.05, 4.69) is 15.0 Å². The lowest BCUT2D eigenvalue weighted by Crippen LogP contribution is -2.42. The Morgan fingerprint density at radius 2 is 1.87 bits per heavy atom. The van der Waals surface area contributed by atoms with Gasteiger partial charge >= 0.3 is 6.61 Å². The second-order valence-corrected chi connectivity index (χ2v) is 11.3. The first-order chi connectivity index (χ1) is 13.9. The Hall–Kier alpha value is -1.81. The van der Waals surface area contributed by atoms with E-state index in [1.54, 1.807) is 20.8 Å². The van der Waals surface area contributed by atoms with Crippen LogP contribution >= 0.6 is 0 Å². The predicted molar refractivity (Wildman–Crippen MR) is 108 cm³/mol. The molecular formula is C20H29F3N2O4S. The minimum absolute atomic E-state index is 0.0875.